The molecule has 0 saturated heterocycles. The topological polar surface area (TPSA) is 43.4 Å². The van der Waals surface area contributed by atoms with E-state index in [1.54, 1.807) is 12.1 Å². The van der Waals surface area contributed by atoms with Crippen LogP contribution < -0.4 is 4.18 Å². The van der Waals surface area contributed by atoms with Gasteiger partial charge in [0.1, 0.15) is 10.6 Å². The lowest BCUT2D eigenvalue weighted by Crippen LogP contribution is -2.16. The minimum atomic E-state index is -3.84. The van der Waals surface area contributed by atoms with E-state index in [0.717, 1.165) is 18.4 Å². The normalized spacial score (nSPS) is 18.6. The highest BCUT2D eigenvalue weighted by Gasteiger charge is 2.29. The third-order valence-corrected chi connectivity index (χ3v) is 7.92. The summed E-state index contributed by atoms with van der Waals surface area (Å²) in [6.07, 6.45) is 12.2. The van der Waals surface area contributed by atoms with Crippen molar-refractivity contribution in [1.82, 2.24) is 0 Å². The summed E-state index contributed by atoms with van der Waals surface area (Å²) >= 11 is 0. The summed E-state index contributed by atoms with van der Waals surface area (Å²) in [5.74, 6) is 1.50. The van der Waals surface area contributed by atoms with E-state index in [0.29, 0.717) is 17.6 Å². The third kappa shape index (κ3) is 5.23. The van der Waals surface area contributed by atoms with Gasteiger partial charge in [0.2, 0.25) is 0 Å². The fourth-order valence-corrected chi connectivity index (χ4v) is 6.05. The lowest BCUT2D eigenvalue weighted by molar-refractivity contribution is 0.408. The Labute approximate surface area is 188 Å². The summed E-state index contributed by atoms with van der Waals surface area (Å²) in [6.45, 7) is 1.95. The Morgan fingerprint density at radius 3 is 1.93 bits per heavy atom. The van der Waals surface area contributed by atoms with Gasteiger partial charge in [0.05, 0.1) is 0 Å². The summed E-state index contributed by atoms with van der Waals surface area (Å²) < 4.78 is 31.8. The van der Waals surface area contributed by atoms with Gasteiger partial charge in [-0.1, -0.05) is 68.4 Å². The molecular formula is C25H34O3S2. The van der Waals surface area contributed by atoms with E-state index in [2.05, 4.69) is 6.07 Å². The lowest BCUT2D eigenvalue weighted by atomic mass is 9.75. The van der Waals surface area contributed by atoms with Crippen molar-refractivity contribution in [3.8, 4) is 5.75 Å². The molecule has 2 aliphatic rings. The van der Waals surface area contributed by atoms with Gasteiger partial charge in [-0.3, -0.25) is 0 Å². The summed E-state index contributed by atoms with van der Waals surface area (Å²) in [7, 11) is -3.84. The Morgan fingerprint density at radius 2 is 1.33 bits per heavy atom. The van der Waals surface area contributed by atoms with Crippen molar-refractivity contribution >= 4 is 23.6 Å². The van der Waals surface area contributed by atoms with Crippen LogP contribution in [-0.2, 0) is 10.1 Å². The average molecular weight is 447 g/mol. The highest BCUT2D eigenvalue weighted by molar-refractivity contribution is 7.87. The number of benzene rings is 2. The molecule has 0 unspecified atom stereocenters. The van der Waals surface area contributed by atoms with Crippen molar-refractivity contribution in [3.05, 3.63) is 59.2 Å². The predicted octanol–water partition coefficient (Wildman–Crippen LogP) is 6.97. The minimum Gasteiger partial charge on any atom is -0.379 e. The fraction of sp³-hybridized carbons (Fsp3) is 0.520. The summed E-state index contributed by atoms with van der Waals surface area (Å²) in [6, 6.07) is 13.0. The molecule has 2 aliphatic carbocycles. The van der Waals surface area contributed by atoms with Gasteiger partial charge in [-0.25, -0.2) is 0 Å². The van der Waals surface area contributed by atoms with Crippen molar-refractivity contribution in [3.63, 3.8) is 0 Å². The molecule has 0 atom stereocenters. The van der Waals surface area contributed by atoms with Gasteiger partial charge in [0, 0.05) is 5.56 Å². The molecule has 0 amide bonds. The van der Waals surface area contributed by atoms with Crippen LogP contribution >= 0.6 is 13.5 Å². The second-order valence-electron chi connectivity index (χ2n) is 8.78. The number of hydrogen-bond donors (Lipinski definition) is 0. The largest absolute Gasteiger partial charge is 0.379 e. The first kappa shape index (κ1) is 23.2. The van der Waals surface area contributed by atoms with E-state index in [1.165, 1.54) is 62.5 Å². The van der Waals surface area contributed by atoms with Crippen LogP contribution in [0.2, 0.25) is 0 Å². The first-order chi connectivity index (χ1) is 14.0. The molecule has 2 aromatic carbocycles. The maximum Gasteiger partial charge on any atom is 0.339 e. The zero-order valence-corrected chi connectivity index (χ0v) is 19.7. The Hall–Kier alpha value is -1.46. The number of rotatable bonds is 5. The summed E-state index contributed by atoms with van der Waals surface area (Å²) in [5, 5.41) is 0. The van der Waals surface area contributed by atoms with Gasteiger partial charge in [-0.2, -0.15) is 21.9 Å². The van der Waals surface area contributed by atoms with Crippen molar-refractivity contribution in [2.24, 2.45) is 0 Å². The predicted molar refractivity (Wildman–Crippen MR) is 127 cm³/mol. The van der Waals surface area contributed by atoms with Crippen molar-refractivity contribution in [2.75, 3.05) is 0 Å². The third-order valence-electron chi connectivity index (χ3n) is 6.67. The maximum absolute atomic E-state index is 13.0. The van der Waals surface area contributed by atoms with E-state index in [-0.39, 0.29) is 18.4 Å². The van der Waals surface area contributed by atoms with Gasteiger partial charge < -0.3 is 4.18 Å². The Morgan fingerprint density at radius 1 is 0.767 bits per heavy atom. The highest BCUT2D eigenvalue weighted by atomic mass is 32.2. The first-order valence-electron chi connectivity index (χ1n) is 11.2. The van der Waals surface area contributed by atoms with Gasteiger partial charge in [0.25, 0.3) is 0 Å². The van der Waals surface area contributed by atoms with E-state index in [9.17, 15) is 8.42 Å². The van der Waals surface area contributed by atoms with Gasteiger partial charge in [-0.15, -0.1) is 0 Å². The second-order valence-corrected chi connectivity index (χ2v) is 10.3. The number of aryl methyl sites for hydroxylation is 1. The highest BCUT2D eigenvalue weighted by Crippen LogP contribution is 2.45. The monoisotopic (exact) mass is 446 g/mol. The van der Waals surface area contributed by atoms with Crippen LogP contribution in [0.25, 0.3) is 0 Å². The van der Waals surface area contributed by atoms with Crippen molar-refractivity contribution in [1.29, 1.82) is 0 Å². The molecule has 4 rings (SSSR count). The van der Waals surface area contributed by atoms with Crippen LogP contribution in [0.4, 0.5) is 0 Å². The van der Waals surface area contributed by atoms with E-state index < -0.39 is 10.1 Å². The maximum atomic E-state index is 13.0. The SMILES string of the molecule is Cc1ccc(S(=O)(=O)Oc2cccc(C3CCCCC3)c2C2CCCCC2)cc1.S. The van der Waals surface area contributed by atoms with Crippen LogP contribution in [0.3, 0.4) is 0 Å². The van der Waals surface area contributed by atoms with Gasteiger partial charge in [-0.05, 0) is 68.2 Å². The van der Waals surface area contributed by atoms with Crippen LogP contribution in [0.15, 0.2) is 47.4 Å². The molecule has 0 heterocycles. The molecule has 3 nitrogen and oxygen atoms in total. The molecule has 5 heteroatoms. The molecule has 2 aromatic rings. The van der Waals surface area contributed by atoms with E-state index >= 15 is 0 Å². The fourth-order valence-electron chi connectivity index (χ4n) is 5.10. The average Bonchev–Trinajstić information content (AvgIpc) is 2.75. The summed E-state index contributed by atoms with van der Waals surface area (Å²) in [5.41, 5.74) is 3.55. The zero-order valence-electron chi connectivity index (χ0n) is 17.9. The van der Waals surface area contributed by atoms with Crippen LogP contribution in [0.5, 0.6) is 5.75 Å². The molecule has 0 spiro atoms. The Kier molecular flexibility index (Phi) is 7.92. The molecular weight excluding hydrogens is 412 g/mol. The molecule has 0 bridgehead atoms. The Bertz CT molecular complexity index is 923. The molecule has 2 saturated carbocycles. The molecule has 30 heavy (non-hydrogen) atoms. The first-order valence-corrected chi connectivity index (χ1v) is 12.6. The second kappa shape index (κ2) is 10.2. The zero-order chi connectivity index (χ0) is 20.3. The van der Waals surface area contributed by atoms with Crippen LogP contribution in [-0.4, -0.2) is 8.42 Å². The Balaban J connectivity index is 0.00000256. The smallest absolute Gasteiger partial charge is 0.339 e. The molecule has 0 radical (unpaired) electrons. The molecule has 164 valence electrons. The molecule has 0 aromatic heterocycles. The van der Waals surface area contributed by atoms with Crippen molar-refractivity contribution < 1.29 is 12.6 Å². The van der Waals surface area contributed by atoms with E-state index in [1.807, 2.05) is 31.2 Å². The van der Waals surface area contributed by atoms with Crippen LogP contribution in [0.1, 0.15) is 92.7 Å². The minimum absolute atomic E-state index is 0. The summed E-state index contributed by atoms with van der Waals surface area (Å²) in [4.78, 5) is 0.223. The van der Waals surface area contributed by atoms with Crippen LogP contribution in [0, 0.1) is 6.92 Å². The molecule has 0 N–H and O–H groups in total. The molecule has 0 aliphatic heterocycles. The standard InChI is InChI=1S/C25H32O3S.H2S/c1-19-15-17-22(18-16-19)29(26,27)28-24-14-8-13-23(20-9-4-2-5-10-20)25(24)21-11-6-3-7-12-21;/h8,13-18,20-21H,2-7,9-12H2,1H3;1H2. The van der Waals surface area contributed by atoms with E-state index in [4.69, 9.17) is 4.18 Å². The van der Waals surface area contributed by atoms with Gasteiger partial charge >= 0.3 is 10.1 Å². The quantitative estimate of drug-likeness (QED) is 0.466. The van der Waals surface area contributed by atoms with Crippen molar-refractivity contribution in [2.45, 2.75) is 87.9 Å². The molecule has 2 fully saturated rings. The lowest BCUT2D eigenvalue weighted by Gasteiger charge is -2.31. The van der Waals surface area contributed by atoms with Gasteiger partial charge in [0.15, 0.2) is 0 Å². The number of hydrogen-bond acceptors (Lipinski definition) is 3.